The van der Waals surface area contributed by atoms with E-state index < -0.39 is 0 Å². The van der Waals surface area contributed by atoms with E-state index in [1.807, 2.05) is 6.07 Å². The summed E-state index contributed by atoms with van der Waals surface area (Å²) in [4.78, 5) is 0. The smallest absolute Gasteiger partial charge is 0.0284 e. The fourth-order valence-corrected chi connectivity index (χ4v) is 3.08. The second kappa shape index (κ2) is 7.42. The Morgan fingerprint density at radius 2 is 1.44 bits per heavy atom. The molecule has 90 valence electrons. The van der Waals surface area contributed by atoms with Crippen LogP contribution in [0, 0.1) is 5.41 Å². The van der Waals surface area contributed by atoms with Crippen molar-refractivity contribution in [3.8, 4) is 0 Å². The quantitative estimate of drug-likeness (QED) is 0.634. The van der Waals surface area contributed by atoms with Gasteiger partial charge in [-0.2, -0.15) is 0 Å². The molecule has 0 atom stereocenters. The van der Waals surface area contributed by atoms with Crippen molar-refractivity contribution in [2.45, 2.75) is 19.3 Å². The van der Waals surface area contributed by atoms with Gasteiger partial charge in [-0.05, 0) is 30.2 Å². The summed E-state index contributed by atoms with van der Waals surface area (Å²) < 4.78 is 0. The molecule has 0 aliphatic carbocycles. The summed E-state index contributed by atoms with van der Waals surface area (Å²) in [6, 6.07) is 10.4. The van der Waals surface area contributed by atoms with Crippen molar-refractivity contribution in [3.63, 3.8) is 0 Å². The van der Waals surface area contributed by atoms with Crippen LogP contribution in [0.25, 0.3) is 0 Å². The maximum absolute atomic E-state index is 6.11. The predicted molar refractivity (Wildman–Crippen MR) is 74.0 cm³/mol. The van der Waals surface area contributed by atoms with Crippen LogP contribution in [0.15, 0.2) is 30.3 Å². The Balaban J connectivity index is 2.76. The molecule has 0 nitrogen and oxygen atoms in total. The van der Waals surface area contributed by atoms with E-state index in [1.165, 1.54) is 5.56 Å². The van der Waals surface area contributed by atoms with Crippen LogP contribution in [0.4, 0.5) is 0 Å². The fraction of sp³-hybridized carbons (Fsp3) is 0.538. The zero-order valence-corrected chi connectivity index (χ0v) is 11.5. The molecule has 1 aromatic rings. The zero-order chi connectivity index (χ0) is 11.9. The number of rotatable bonds is 7. The molecule has 0 radical (unpaired) electrons. The third kappa shape index (κ3) is 4.16. The topological polar surface area (TPSA) is 0 Å². The first-order valence-corrected chi connectivity index (χ1v) is 7.08. The number of hydrogen-bond donors (Lipinski definition) is 0. The number of benzene rings is 1. The molecule has 0 saturated carbocycles. The summed E-state index contributed by atoms with van der Waals surface area (Å²) in [7, 11) is 0. The Kier molecular flexibility index (Phi) is 6.57. The van der Waals surface area contributed by atoms with Crippen LogP contribution in [0.1, 0.15) is 18.4 Å². The average Bonchev–Trinajstić information content (AvgIpc) is 2.31. The minimum absolute atomic E-state index is 0.0480. The summed E-state index contributed by atoms with van der Waals surface area (Å²) in [6.07, 6.45) is 2.79. The molecule has 0 spiro atoms. The highest BCUT2D eigenvalue weighted by Gasteiger charge is 2.28. The third-order valence-corrected chi connectivity index (χ3v) is 3.90. The molecule has 0 N–H and O–H groups in total. The Morgan fingerprint density at radius 1 is 0.875 bits per heavy atom. The van der Waals surface area contributed by atoms with Gasteiger partial charge < -0.3 is 0 Å². The number of alkyl halides is 3. The van der Waals surface area contributed by atoms with Crippen LogP contribution in [0.5, 0.6) is 0 Å². The molecule has 0 aliphatic heterocycles. The van der Waals surface area contributed by atoms with Crippen molar-refractivity contribution in [2.75, 3.05) is 17.6 Å². The maximum Gasteiger partial charge on any atom is 0.0284 e. The van der Waals surface area contributed by atoms with Crippen LogP contribution in [-0.2, 0) is 6.42 Å². The van der Waals surface area contributed by atoms with Crippen LogP contribution in [0.2, 0.25) is 0 Å². The van der Waals surface area contributed by atoms with Gasteiger partial charge in [-0.1, -0.05) is 30.3 Å². The molecule has 0 saturated heterocycles. The van der Waals surface area contributed by atoms with Gasteiger partial charge >= 0.3 is 0 Å². The van der Waals surface area contributed by atoms with Gasteiger partial charge in [0.15, 0.2) is 0 Å². The lowest BCUT2D eigenvalue weighted by atomic mass is 9.78. The molecular formula is C13H17Cl3. The average molecular weight is 280 g/mol. The van der Waals surface area contributed by atoms with Gasteiger partial charge in [-0.15, -0.1) is 34.8 Å². The van der Waals surface area contributed by atoms with E-state index in [-0.39, 0.29) is 5.41 Å². The van der Waals surface area contributed by atoms with Gasteiger partial charge in [0.2, 0.25) is 0 Å². The zero-order valence-electron chi connectivity index (χ0n) is 9.26. The molecule has 3 heteroatoms. The molecule has 0 fully saturated rings. The van der Waals surface area contributed by atoms with Gasteiger partial charge in [0.25, 0.3) is 0 Å². The summed E-state index contributed by atoms with van der Waals surface area (Å²) in [6.45, 7) is 0. The van der Waals surface area contributed by atoms with Crippen molar-refractivity contribution in [2.24, 2.45) is 5.41 Å². The SMILES string of the molecule is ClCCC(CCl)(CCCl)Cc1ccccc1. The summed E-state index contributed by atoms with van der Waals surface area (Å²) >= 11 is 17.8. The van der Waals surface area contributed by atoms with Crippen molar-refractivity contribution in [3.05, 3.63) is 35.9 Å². The van der Waals surface area contributed by atoms with Crippen LogP contribution in [0.3, 0.4) is 0 Å². The maximum atomic E-state index is 6.11. The molecule has 1 rings (SSSR count). The highest BCUT2D eigenvalue weighted by Crippen LogP contribution is 2.33. The first kappa shape index (κ1) is 14.2. The van der Waals surface area contributed by atoms with E-state index in [9.17, 15) is 0 Å². The first-order chi connectivity index (χ1) is 7.76. The molecule has 0 amide bonds. The van der Waals surface area contributed by atoms with Crippen molar-refractivity contribution >= 4 is 34.8 Å². The fourth-order valence-electron chi connectivity index (χ4n) is 1.91. The van der Waals surface area contributed by atoms with E-state index in [2.05, 4.69) is 24.3 Å². The molecule has 0 bridgehead atoms. The second-order valence-corrected chi connectivity index (χ2v) is 5.20. The standard InChI is InChI=1S/C13H17Cl3/c14-8-6-13(11-16,7-9-15)10-12-4-2-1-3-5-12/h1-5H,6-11H2. The van der Waals surface area contributed by atoms with Gasteiger partial charge in [0.05, 0.1) is 0 Å². The van der Waals surface area contributed by atoms with Crippen LogP contribution in [-0.4, -0.2) is 17.6 Å². The summed E-state index contributed by atoms with van der Waals surface area (Å²) in [5, 5.41) is 0. The Labute approximate surface area is 113 Å². The molecular weight excluding hydrogens is 263 g/mol. The molecule has 1 aromatic carbocycles. The Morgan fingerprint density at radius 3 is 1.88 bits per heavy atom. The Hall–Kier alpha value is 0.0900. The predicted octanol–water partition coefficient (Wildman–Crippen LogP) is 4.71. The van der Waals surface area contributed by atoms with E-state index in [0.717, 1.165) is 19.3 Å². The van der Waals surface area contributed by atoms with E-state index in [0.29, 0.717) is 17.6 Å². The van der Waals surface area contributed by atoms with Gasteiger partial charge in [0.1, 0.15) is 0 Å². The van der Waals surface area contributed by atoms with Gasteiger partial charge in [0, 0.05) is 17.6 Å². The molecule has 0 aromatic heterocycles. The van der Waals surface area contributed by atoms with E-state index >= 15 is 0 Å². The van der Waals surface area contributed by atoms with E-state index in [1.54, 1.807) is 0 Å². The normalized spacial score (nSPS) is 11.7. The lowest BCUT2D eigenvalue weighted by molar-refractivity contribution is 0.306. The highest BCUT2D eigenvalue weighted by molar-refractivity contribution is 6.19. The van der Waals surface area contributed by atoms with Crippen molar-refractivity contribution < 1.29 is 0 Å². The monoisotopic (exact) mass is 278 g/mol. The highest BCUT2D eigenvalue weighted by atomic mass is 35.5. The number of hydrogen-bond acceptors (Lipinski definition) is 0. The first-order valence-electron chi connectivity index (χ1n) is 5.48. The summed E-state index contributed by atoms with van der Waals surface area (Å²) in [5.41, 5.74) is 1.35. The van der Waals surface area contributed by atoms with Gasteiger partial charge in [-0.25, -0.2) is 0 Å². The minimum atomic E-state index is 0.0480. The second-order valence-electron chi connectivity index (χ2n) is 4.17. The number of halogens is 3. The van der Waals surface area contributed by atoms with Crippen molar-refractivity contribution in [1.29, 1.82) is 0 Å². The minimum Gasteiger partial charge on any atom is -0.127 e. The largest absolute Gasteiger partial charge is 0.127 e. The lowest BCUT2D eigenvalue weighted by Crippen LogP contribution is -2.27. The third-order valence-electron chi connectivity index (χ3n) is 2.96. The van der Waals surface area contributed by atoms with Gasteiger partial charge in [-0.3, -0.25) is 0 Å². The van der Waals surface area contributed by atoms with E-state index in [4.69, 9.17) is 34.8 Å². The van der Waals surface area contributed by atoms with Crippen molar-refractivity contribution in [1.82, 2.24) is 0 Å². The Bertz CT molecular complexity index is 278. The lowest BCUT2D eigenvalue weighted by Gasteiger charge is -2.30. The summed E-state index contributed by atoms with van der Waals surface area (Å²) in [5.74, 6) is 1.88. The van der Waals surface area contributed by atoms with Crippen LogP contribution < -0.4 is 0 Å². The van der Waals surface area contributed by atoms with Crippen LogP contribution >= 0.6 is 34.8 Å². The molecule has 16 heavy (non-hydrogen) atoms. The molecule has 0 heterocycles. The molecule has 0 unspecified atom stereocenters. The molecule has 0 aliphatic rings.